The molecule has 32 heavy (non-hydrogen) atoms. The van der Waals surface area contributed by atoms with Crippen molar-refractivity contribution in [2.45, 2.75) is 118 Å². The highest BCUT2D eigenvalue weighted by atomic mass is 16.6. The summed E-state index contributed by atoms with van der Waals surface area (Å²) in [6.07, 6.45) is 12.6. The van der Waals surface area contributed by atoms with Crippen LogP contribution in [0.3, 0.4) is 0 Å². The molecule has 5 aliphatic carbocycles. The highest BCUT2D eigenvalue weighted by Crippen LogP contribution is 2.79. The van der Waals surface area contributed by atoms with Gasteiger partial charge in [0.25, 0.3) is 0 Å². The Bertz CT molecular complexity index is 899. The van der Waals surface area contributed by atoms with Crippen molar-refractivity contribution in [2.75, 3.05) is 0 Å². The number of esters is 1. The third-order valence-electron chi connectivity index (χ3n) is 13.3. The second-order valence-electron chi connectivity index (χ2n) is 14.3. The van der Waals surface area contributed by atoms with Crippen LogP contribution in [-0.2, 0) is 9.53 Å². The van der Waals surface area contributed by atoms with E-state index in [1.54, 1.807) is 5.57 Å². The van der Waals surface area contributed by atoms with Gasteiger partial charge in [-0.25, -0.2) is 0 Å². The van der Waals surface area contributed by atoms with Gasteiger partial charge in [0.15, 0.2) is 0 Å². The molecule has 0 aromatic heterocycles. The first-order chi connectivity index (χ1) is 15.0. The number of ether oxygens (including phenoxy) is 1. The number of allylic oxidation sites excluding steroid dienone is 2. The Morgan fingerprint density at radius 2 is 1.56 bits per heavy atom. The number of hydrogen-bond acceptors (Lipinski definition) is 2. The van der Waals surface area contributed by atoms with Crippen LogP contribution in [0.1, 0.15) is 113 Å². The molecule has 0 aromatic rings. The van der Waals surface area contributed by atoms with Gasteiger partial charge in [-0.2, -0.15) is 0 Å². The van der Waals surface area contributed by atoms with Crippen molar-refractivity contribution in [1.29, 1.82) is 0 Å². The maximum atomic E-state index is 13.3. The first kappa shape index (κ1) is 21.7. The molecule has 2 bridgehead atoms. The number of carbonyl (C=O) groups excluding carboxylic acids is 1. The topological polar surface area (TPSA) is 26.3 Å². The summed E-state index contributed by atoms with van der Waals surface area (Å²) in [6, 6.07) is 0. The van der Waals surface area contributed by atoms with E-state index in [1.165, 1.54) is 44.9 Å². The van der Waals surface area contributed by atoms with Crippen molar-refractivity contribution in [3.05, 3.63) is 11.1 Å². The molecule has 6 rings (SSSR count). The molecule has 0 spiro atoms. The summed E-state index contributed by atoms with van der Waals surface area (Å²) >= 11 is 0. The third kappa shape index (κ3) is 2.14. The molecule has 4 saturated carbocycles. The lowest BCUT2D eigenvalue weighted by Crippen LogP contribution is -2.63. The molecule has 1 heterocycles. The van der Waals surface area contributed by atoms with Crippen molar-refractivity contribution in [1.82, 2.24) is 0 Å². The Morgan fingerprint density at radius 3 is 2.22 bits per heavy atom. The van der Waals surface area contributed by atoms with Crippen molar-refractivity contribution in [3.63, 3.8) is 0 Å². The van der Waals surface area contributed by atoms with Crippen molar-refractivity contribution in [2.24, 2.45) is 51.2 Å². The summed E-state index contributed by atoms with van der Waals surface area (Å²) in [4.78, 5) is 13.3. The van der Waals surface area contributed by atoms with Gasteiger partial charge < -0.3 is 4.74 Å². The largest absolute Gasteiger partial charge is 0.458 e. The van der Waals surface area contributed by atoms with Gasteiger partial charge in [0.05, 0.1) is 5.41 Å². The summed E-state index contributed by atoms with van der Waals surface area (Å²) in [5.41, 5.74) is 4.45. The maximum absolute atomic E-state index is 13.3. The first-order valence-electron chi connectivity index (χ1n) is 13.9. The minimum Gasteiger partial charge on any atom is -0.458 e. The lowest BCUT2D eigenvalue weighted by atomic mass is 9.35. The van der Waals surface area contributed by atoms with Gasteiger partial charge in [0, 0.05) is 5.92 Å². The van der Waals surface area contributed by atoms with Gasteiger partial charge in [-0.05, 0) is 104 Å². The molecular weight excluding hydrogens is 392 g/mol. The standard InChI is InChI=1S/C30H46O2/c1-18(2)20-10-12-26(5)21(20)11-13-28(7)23(26)9-8-22-24-29(15-14-27(22,28)6)16-17-30(24,19(3)4)32-25(29)31/h18-19,22-24H,8-17H2,1-7H3/t22-,23-,24-,26+,27-,28-,29-,30-/m1/s1. The molecular formula is C30H46O2. The minimum absolute atomic E-state index is 0.153. The zero-order chi connectivity index (χ0) is 22.9. The number of hydrogen-bond donors (Lipinski definition) is 0. The van der Waals surface area contributed by atoms with Crippen LogP contribution in [0, 0.1) is 51.2 Å². The Kier molecular flexibility index (Phi) is 4.24. The lowest BCUT2D eigenvalue weighted by molar-refractivity contribution is -0.195. The second-order valence-corrected chi connectivity index (χ2v) is 14.3. The minimum atomic E-state index is -0.186. The first-order valence-corrected chi connectivity index (χ1v) is 13.9. The van der Waals surface area contributed by atoms with Crippen LogP contribution < -0.4 is 0 Å². The molecule has 2 heteroatoms. The van der Waals surface area contributed by atoms with Crippen LogP contribution >= 0.6 is 0 Å². The molecule has 0 unspecified atom stereocenters. The van der Waals surface area contributed by atoms with Crippen LogP contribution in [0.4, 0.5) is 0 Å². The molecule has 1 aliphatic heterocycles. The Balaban J connectivity index is 1.44. The molecule has 0 radical (unpaired) electrons. The fourth-order valence-corrected chi connectivity index (χ4v) is 11.4. The quantitative estimate of drug-likeness (QED) is 0.326. The Labute approximate surface area is 196 Å². The van der Waals surface area contributed by atoms with E-state index in [1.807, 2.05) is 5.57 Å². The normalized spacial score (nSPS) is 53.9. The predicted octanol–water partition coefficient (Wildman–Crippen LogP) is 7.71. The van der Waals surface area contributed by atoms with Crippen LogP contribution in [0.25, 0.3) is 0 Å². The van der Waals surface area contributed by atoms with Crippen molar-refractivity contribution >= 4 is 5.97 Å². The molecule has 0 aromatic carbocycles. The zero-order valence-electron chi connectivity index (χ0n) is 21.8. The summed E-state index contributed by atoms with van der Waals surface area (Å²) in [5, 5.41) is 0. The van der Waals surface area contributed by atoms with E-state index in [9.17, 15) is 4.79 Å². The van der Waals surface area contributed by atoms with E-state index in [2.05, 4.69) is 48.5 Å². The molecule has 1 saturated heterocycles. The van der Waals surface area contributed by atoms with Crippen molar-refractivity contribution in [3.8, 4) is 0 Å². The van der Waals surface area contributed by atoms with Gasteiger partial charge in [-0.3, -0.25) is 4.79 Å². The summed E-state index contributed by atoms with van der Waals surface area (Å²) in [6.45, 7) is 17.5. The zero-order valence-corrected chi connectivity index (χ0v) is 21.8. The summed E-state index contributed by atoms with van der Waals surface area (Å²) < 4.78 is 6.39. The SMILES string of the molecule is CC(C)C1=C2CC[C@]3(C)[C@H](CC[C@@H]4[C@@H]5[C@]6(CC[C@]5(C(C)C)OC6=O)CC[C@]43C)[C@@]2(C)CC1. The summed E-state index contributed by atoms with van der Waals surface area (Å²) in [5.74, 6) is 3.22. The summed E-state index contributed by atoms with van der Waals surface area (Å²) in [7, 11) is 0. The fraction of sp³-hybridized carbons (Fsp3) is 0.900. The molecule has 0 N–H and O–H groups in total. The van der Waals surface area contributed by atoms with E-state index in [0.717, 1.165) is 25.2 Å². The van der Waals surface area contributed by atoms with E-state index >= 15 is 0 Å². The van der Waals surface area contributed by atoms with Gasteiger partial charge >= 0.3 is 5.97 Å². The molecule has 0 amide bonds. The average Bonchev–Trinajstić information content (AvgIpc) is 3.33. The third-order valence-corrected chi connectivity index (χ3v) is 13.3. The van der Waals surface area contributed by atoms with Crippen LogP contribution in [0.2, 0.25) is 0 Å². The smallest absolute Gasteiger partial charge is 0.313 e. The van der Waals surface area contributed by atoms with Crippen LogP contribution in [0.5, 0.6) is 0 Å². The van der Waals surface area contributed by atoms with Gasteiger partial charge in [-0.15, -0.1) is 0 Å². The van der Waals surface area contributed by atoms with Crippen LogP contribution in [0.15, 0.2) is 11.1 Å². The van der Waals surface area contributed by atoms with E-state index in [0.29, 0.717) is 39.9 Å². The highest BCUT2D eigenvalue weighted by molar-refractivity contribution is 5.82. The molecule has 2 nitrogen and oxygen atoms in total. The lowest BCUT2D eigenvalue weighted by Gasteiger charge is -2.69. The molecule has 8 atom stereocenters. The van der Waals surface area contributed by atoms with Gasteiger partial charge in [-0.1, -0.05) is 59.6 Å². The van der Waals surface area contributed by atoms with Gasteiger partial charge in [0.1, 0.15) is 5.60 Å². The maximum Gasteiger partial charge on any atom is 0.313 e. The van der Waals surface area contributed by atoms with Gasteiger partial charge in [0.2, 0.25) is 0 Å². The molecule has 5 fully saturated rings. The monoisotopic (exact) mass is 438 g/mol. The molecule has 178 valence electrons. The number of rotatable bonds is 2. The number of fused-ring (bicyclic) bond motifs is 5. The average molecular weight is 439 g/mol. The second kappa shape index (κ2) is 6.25. The van der Waals surface area contributed by atoms with E-state index in [-0.39, 0.29) is 17.0 Å². The highest BCUT2D eigenvalue weighted by Gasteiger charge is 2.78. The molecule has 6 aliphatic rings. The fourth-order valence-electron chi connectivity index (χ4n) is 11.4. The Hall–Kier alpha value is -0.790. The van der Waals surface area contributed by atoms with Crippen molar-refractivity contribution < 1.29 is 9.53 Å². The van der Waals surface area contributed by atoms with E-state index in [4.69, 9.17) is 4.74 Å². The Morgan fingerprint density at radius 1 is 0.844 bits per heavy atom. The number of carbonyl (C=O) groups is 1. The predicted molar refractivity (Wildman–Crippen MR) is 129 cm³/mol. The van der Waals surface area contributed by atoms with E-state index < -0.39 is 0 Å². The van der Waals surface area contributed by atoms with Crippen LogP contribution in [-0.4, -0.2) is 11.6 Å².